The number of hydrogen-bond acceptors (Lipinski definition) is 6. The minimum atomic E-state index is -3.71. The van der Waals surface area contributed by atoms with Crippen LogP contribution in [0.5, 0.6) is 0 Å². The Morgan fingerprint density at radius 1 is 1.35 bits per heavy atom. The first kappa shape index (κ1) is 16.2. The zero-order chi connectivity index (χ0) is 16.8. The molecule has 1 aliphatic carbocycles. The molecule has 3 atom stereocenters. The molecule has 0 radical (unpaired) electrons. The van der Waals surface area contributed by atoms with Gasteiger partial charge in [0.1, 0.15) is 5.69 Å². The average Bonchev–Trinajstić information content (AvgIpc) is 3.09. The second-order valence-corrected chi connectivity index (χ2v) is 8.07. The Labute approximate surface area is 134 Å². The standard InChI is InChI=1S/C14H20N4O4S/c1-16-23(21,22)10-3-5-13(14(6-10)18(19)20)17-7-9-2-4-12(15)11(9)8-17/h3,5-6,9,11-12,16H,2,4,7-8,15H2,1H3. The summed E-state index contributed by atoms with van der Waals surface area (Å²) in [5.74, 6) is 0.820. The van der Waals surface area contributed by atoms with E-state index in [1.807, 2.05) is 4.90 Å². The number of nitro groups is 1. The highest BCUT2D eigenvalue weighted by atomic mass is 32.2. The number of hydrogen-bond donors (Lipinski definition) is 2. The molecular weight excluding hydrogens is 320 g/mol. The number of nitrogens with one attached hydrogen (secondary N) is 1. The molecule has 3 unspecified atom stereocenters. The Bertz CT molecular complexity index is 736. The molecule has 0 bridgehead atoms. The first-order chi connectivity index (χ1) is 10.8. The average molecular weight is 340 g/mol. The van der Waals surface area contributed by atoms with E-state index in [1.165, 1.54) is 19.2 Å². The van der Waals surface area contributed by atoms with E-state index in [9.17, 15) is 18.5 Å². The van der Waals surface area contributed by atoms with Crippen molar-refractivity contribution in [3.05, 3.63) is 28.3 Å². The third-order valence-electron chi connectivity index (χ3n) is 4.98. The quantitative estimate of drug-likeness (QED) is 0.614. The Balaban J connectivity index is 1.96. The van der Waals surface area contributed by atoms with E-state index in [2.05, 4.69) is 4.72 Å². The number of anilines is 1. The van der Waals surface area contributed by atoms with Crippen LogP contribution < -0.4 is 15.4 Å². The van der Waals surface area contributed by atoms with Crippen molar-refractivity contribution in [2.45, 2.75) is 23.8 Å². The van der Waals surface area contributed by atoms with E-state index < -0.39 is 14.9 Å². The van der Waals surface area contributed by atoms with Crippen molar-refractivity contribution >= 4 is 21.4 Å². The normalized spacial score (nSPS) is 27.2. The van der Waals surface area contributed by atoms with Gasteiger partial charge in [-0.05, 0) is 43.9 Å². The smallest absolute Gasteiger partial charge is 0.293 e. The molecule has 0 aromatic heterocycles. The molecule has 3 rings (SSSR count). The summed E-state index contributed by atoms with van der Waals surface area (Å²) in [6, 6.07) is 4.19. The molecular formula is C14H20N4O4S. The number of nitro benzene ring substituents is 1. The van der Waals surface area contributed by atoms with E-state index in [-0.39, 0.29) is 16.6 Å². The molecule has 0 spiro atoms. The topological polar surface area (TPSA) is 119 Å². The van der Waals surface area contributed by atoms with Crippen LogP contribution in [0.1, 0.15) is 12.8 Å². The van der Waals surface area contributed by atoms with Gasteiger partial charge in [-0.3, -0.25) is 10.1 Å². The Kier molecular flexibility index (Phi) is 4.03. The number of benzene rings is 1. The fraction of sp³-hybridized carbons (Fsp3) is 0.571. The van der Waals surface area contributed by atoms with Gasteiger partial charge in [0.05, 0.1) is 9.82 Å². The molecule has 1 saturated heterocycles. The molecule has 8 nitrogen and oxygen atoms in total. The van der Waals surface area contributed by atoms with Gasteiger partial charge < -0.3 is 10.6 Å². The molecule has 9 heteroatoms. The largest absolute Gasteiger partial charge is 0.365 e. The van der Waals surface area contributed by atoms with Gasteiger partial charge in [0.25, 0.3) is 5.69 Å². The fourth-order valence-corrected chi connectivity index (χ4v) is 4.46. The van der Waals surface area contributed by atoms with Crippen LogP contribution in [-0.4, -0.2) is 39.5 Å². The predicted octanol–water partition coefficient (Wildman–Crippen LogP) is 0.676. The van der Waals surface area contributed by atoms with Crippen LogP contribution >= 0.6 is 0 Å². The summed E-state index contributed by atoms with van der Waals surface area (Å²) in [5.41, 5.74) is 6.39. The van der Waals surface area contributed by atoms with Crippen LogP contribution in [0.4, 0.5) is 11.4 Å². The van der Waals surface area contributed by atoms with Crippen LogP contribution in [0, 0.1) is 22.0 Å². The lowest BCUT2D eigenvalue weighted by Crippen LogP contribution is -2.30. The van der Waals surface area contributed by atoms with Gasteiger partial charge in [0.15, 0.2) is 0 Å². The molecule has 1 aromatic rings. The highest BCUT2D eigenvalue weighted by molar-refractivity contribution is 7.89. The Morgan fingerprint density at radius 2 is 2.09 bits per heavy atom. The maximum atomic E-state index is 11.8. The summed E-state index contributed by atoms with van der Waals surface area (Å²) in [6.07, 6.45) is 2.05. The first-order valence-corrected chi connectivity index (χ1v) is 9.04. The highest BCUT2D eigenvalue weighted by Crippen LogP contribution is 2.41. The number of nitrogens with zero attached hydrogens (tertiary/aromatic N) is 2. The van der Waals surface area contributed by atoms with Crippen molar-refractivity contribution in [3.63, 3.8) is 0 Å². The van der Waals surface area contributed by atoms with Gasteiger partial charge in [-0.1, -0.05) is 0 Å². The zero-order valence-corrected chi connectivity index (χ0v) is 13.6. The minimum Gasteiger partial charge on any atom is -0.365 e. The summed E-state index contributed by atoms with van der Waals surface area (Å²) in [4.78, 5) is 12.7. The number of sulfonamides is 1. The molecule has 1 aliphatic heterocycles. The second kappa shape index (κ2) is 5.73. The van der Waals surface area contributed by atoms with Crippen LogP contribution in [-0.2, 0) is 10.0 Å². The second-order valence-electron chi connectivity index (χ2n) is 6.19. The maximum absolute atomic E-state index is 11.8. The molecule has 0 amide bonds. The van der Waals surface area contributed by atoms with E-state index in [0.717, 1.165) is 25.5 Å². The van der Waals surface area contributed by atoms with Gasteiger partial charge in [0.2, 0.25) is 10.0 Å². The van der Waals surface area contributed by atoms with Gasteiger partial charge >= 0.3 is 0 Å². The third kappa shape index (κ3) is 2.79. The monoisotopic (exact) mass is 340 g/mol. The van der Waals surface area contributed by atoms with Crippen LogP contribution in [0.3, 0.4) is 0 Å². The Hall–Kier alpha value is -1.71. The molecule has 1 aromatic carbocycles. The SMILES string of the molecule is CNS(=O)(=O)c1ccc(N2CC3CCC(N)C3C2)c([N+](=O)[O-])c1. The number of rotatable bonds is 4. The lowest BCUT2D eigenvalue weighted by molar-refractivity contribution is -0.384. The lowest BCUT2D eigenvalue weighted by atomic mass is 9.98. The number of fused-ring (bicyclic) bond motifs is 1. The van der Waals surface area contributed by atoms with Crippen molar-refractivity contribution < 1.29 is 13.3 Å². The highest BCUT2D eigenvalue weighted by Gasteiger charge is 2.42. The van der Waals surface area contributed by atoms with E-state index in [1.54, 1.807) is 0 Å². The van der Waals surface area contributed by atoms with Gasteiger partial charge in [0, 0.05) is 25.2 Å². The summed E-state index contributed by atoms with van der Waals surface area (Å²) < 4.78 is 25.9. The lowest BCUT2D eigenvalue weighted by Gasteiger charge is -2.21. The van der Waals surface area contributed by atoms with Gasteiger partial charge in [-0.25, -0.2) is 13.1 Å². The zero-order valence-electron chi connectivity index (χ0n) is 12.8. The van der Waals surface area contributed by atoms with Crippen LogP contribution in [0.15, 0.2) is 23.1 Å². The van der Waals surface area contributed by atoms with Gasteiger partial charge in [-0.15, -0.1) is 0 Å². The maximum Gasteiger partial charge on any atom is 0.293 e. The van der Waals surface area contributed by atoms with Gasteiger partial charge in [-0.2, -0.15) is 0 Å². The van der Waals surface area contributed by atoms with Crippen LogP contribution in [0.25, 0.3) is 0 Å². The molecule has 2 fully saturated rings. The van der Waals surface area contributed by atoms with E-state index in [0.29, 0.717) is 24.1 Å². The fourth-order valence-electron chi connectivity index (χ4n) is 3.71. The summed E-state index contributed by atoms with van der Waals surface area (Å²) >= 11 is 0. The van der Waals surface area contributed by atoms with Crippen molar-refractivity contribution in [2.24, 2.45) is 17.6 Å². The molecule has 23 heavy (non-hydrogen) atoms. The summed E-state index contributed by atoms with van der Waals surface area (Å²) in [5, 5.41) is 11.4. The summed E-state index contributed by atoms with van der Waals surface area (Å²) in [7, 11) is -2.44. The van der Waals surface area contributed by atoms with Crippen molar-refractivity contribution in [2.75, 3.05) is 25.0 Å². The minimum absolute atomic E-state index is 0.105. The van der Waals surface area contributed by atoms with E-state index >= 15 is 0 Å². The molecule has 1 saturated carbocycles. The van der Waals surface area contributed by atoms with Crippen molar-refractivity contribution in [1.82, 2.24) is 4.72 Å². The molecule has 2 aliphatic rings. The Morgan fingerprint density at radius 3 is 2.70 bits per heavy atom. The third-order valence-corrected chi connectivity index (χ3v) is 6.39. The van der Waals surface area contributed by atoms with E-state index in [4.69, 9.17) is 5.73 Å². The van der Waals surface area contributed by atoms with Crippen molar-refractivity contribution in [3.8, 4) is 0 Å². The molecule has 1 heterocycles. The number of nitrogens with two attached hydrogens (primary N) is 1. The molecule has 126 valence electrons. The molecule has 3 N–H and O–H groups in total. The predicted molar refractivity (Wildman–Crippen MR) is 85.7 cm³/mol. The van der Waals surface area contributed by atoms with Crippen molar-refractivity contribution in [1.29, 1.82) is 0 Å². The first-order valence-electron chi connectivity index (χ1n) is 7.56. The van der Waals surface area contributed by atoms with Crippen LogP contribution in [0.2, 0.25) is 0 Å². The summed E-state index contributed by atoms with van der Waals surface area (Å²) in [6.45, 7) is 1.42.